The van der Waals surface area contributed by atoms with E-state index in [1.165, 1.54) is 6.08 Å². The van der Waals surface area contributed by atoms with E-state index in [1.807, 2.05) is 48.5 Å². The van der Waals surface area contributed by atoms with Gasteiger partial charge in [-0.2, -0.15) is 5.10 Å². The predicted molar refractivity (Wildman–Crippen MR) is 139 cm³/mol. The first-order valence-electron chi connectivity index (χ1n) is 12.2. The third kappa shape index (κ3) is 4.88. The minimum absolute atomic E-state index is 0.0225. The molecule has 0 radical (unpaired) electrons. The van der Waals surface area contributed by atoms with Crippen molar-refractivity contribution >= 4 is 17.5 Å². The molecule has 1 atom stereocenters. The highest BCUT2D eigenvalue weighted by Gasteiger charge is 2.35. The van der Waals surface area contributed by atoms with E-state index in [0.29, 0.717) is 48.2 Å². The Kier molecular flexibility index (Phi) is 6.82. The molecule has 5 rings (SSSR count). The number of ether oxygens (including phenoxy) is 2. The Balaban J connectivity index is 1.39. The minimum Gasteiger partial charge on any atom is -0.497 e. The molecule has 0 unspecified atom stereocenters. The van der Waals surface area contributed by atoms with Crippen molar-refractivity contribution in [3.63, 3.8) is 0 Å². The number of methoxy groups -OCH3 is 1. The normalized spacial score (nSPS) is 17.4. The summed E-state index contributed by atoms with van der Waals surface area (Å²) in [5, 5.41) is 8.20. The van der Waals surface area contributed by atoms with E-state index in [2.05, 4.69) is 16.8 Å². The van der Waals surface area contributed by atoms with Gasteiger partial charge in [-0.15, -0.1) is 0 Å². The van der Waals surface area contributed by atoms with Gasteiger partial charge in [-0.3, -0.25) is 14.5 Å². The summed E-state index contributed by atoms with van der Waals surface area (Å²) in [6.07, 6.45) is 2.19. The summed E-state index contributed by atoms with van der Waals surface area (Å²) in [5.41, 5.74) is 8.32. The number of amides is 2. The van der Waals surface area contributed by atoms with Gasteiger partial charge < -0.3 is 25.4 Å². The highest BCUT2D eigenvalue weighted by molar-refractivity contribution is 5.98. The van der Waals surface area contributed by atoms with Crippen LogP contribution in [0.2, 0.25) is 0 Å². The number of nitrogens with two attached hydrogens (primary N) is 1. The third-order valence-electron chi connectivity index (χ3n) is 6.80. The fraction of sp³-hybridized carbons (Fsp3) is 0.296. The van der Waals surface area contributed by atoms with Crippen LogP contribution in [0.3, 0.4) is 0 Å². The number of carbonyl (C=O) groups is 2. The van der Waals surface area contributed by atoms with Gasteiger partial charge in [0.25, 0.3) is 5.91 Å². The molecule has 2 aromatic carbocycles. The molecule has 10 heteroatoms. The summed E-state index contributed by atoms with van der Waals surface area (Å²) < 4.78 is 12.7. The number of rotatable bonds is 7. The first-order chi connectivity index (χ1) is 18.0. The molecule has 2 aliphatic rings. The van der Waals surface area contributed by atoms with Crippen molar-refractivity contribution < 1.29 is 19.1 Å². The van der Waals surface area contributed by atoms with Crippen LogP contribution in [-0.2, 0) is 4.79 Å². The number of nitrogens with zero attached hydrogens (tertiary/aromatic N) is 4. The maximum atomic E-state index is 12.5. The van der Waals surface area contributed by atoms with Gasteiger partial charge in [0.1, 0.15) is 22.9 Å². The fourth-order valence-electron chi connectivity index (χ4n) is 4.90. The summed E-state index contributed by atoms with van der Waals surface area (Å²) in [5.74, 6) is 1.48. The second-order valence-corrected chi connectivity index (χ2v) is 8.95. The van der Waals surface area contributed by atoms with Crippen LogP contribution >= 0.6 is 0 Å². The van der Waals surface area contributed by atoms with Gasteiger partial charge in [0.2, 0.25) is 5.91 Å². The molecule has 1 saturated heterocycles. The SMILES string of the molecule is C=CC(=O)N1CCN([C@@H]2CCNc3c2nn(-c2ccc(Oc4ccc(OC)cc4)cc2)c3C(N)=O)CC1. The number of benzene rings is 2. The van der Waals surface area contributed by atoms with Gasteiger partial charge >= 0.3 is 0 Å². The monoisotopic (exact) mass is 502 g/mol. The summed E-state index contributed by atoms with van der Waals surface area (Å²) in [6.45, 7) is 6.98. The summed E-state index contributed by atoms with van der Waals surface area (Å²) >= 11 is 0. The number of piperazine rings is 1. The number of carbonyl (C=O) groups excluding carboxylic acids is 2. The van der Waals surface area contributed by atoms with Crippen LogP contribution in [0.25, 0.3) is 5.69 Å². The highest BCUT2D eigenvalue weighted by atomic mass is 16.5. The third-order valence-corrected chi connectivity index (χ3v) is 6.80. The molecule has 37 heavy (non-hydrogen) atoms. The second-order valence-electron chi connectivity index (χ2n) is 8.95. The number of aromatic nitrogens is 2. The van der Waals surface area contributed by atoms with Gasteiger partial charge in [-0.25, -0.2) is 4.68 Å². The van der Waals surface area contributed by atoms with Crippen molar-refractivity contribution in [2.75, 3.05) is 45.2 Å². The van der Waals surface area contributed by atoms with E-state index in [9.17, 15) is 9.59 Å². The Bertz CT molecular complexity index is 1290. The minimum atomic E-state index is -0.554. The van der Waals surface area contributed by atoms with Crippen molar-refractivity contribution in [2.45, 2.75) is 12.5 Å². The number of fused-ring (bicyclic) bond motifs is 1. The van der Waals surface area contributed by atoms with E-state index in [4.69, 9.17) is 20.3 Å². The average Bonchev–Trinajstić information content (AvgIpc) is 3.34. The molecule has 0 aliphatic carbocycles. The zero-order chi connectivity index (χ0) is 25.9. The molecule has 2 aliphatic heterocycles. The molecule has 0 bridgehead atoms. The highest BCUT2D eigenvalue weighted by Crippen LogP contribution is 2.37. The van der Waals surface area contributed by atoms with Gasteiger partial charge in [0.15, 0.2) is 5.69 Å². The lowest BCUT2D eigenvalue weighted by Gasteiger charge is -2.40. The van der Waals surface area contributed by atoms with E-state index in [1.54, 1.807) is 16.7 Å². The van der Waals surface area contributed by atoms with Crippen LogP contribution in [0.4, 0.5) is 5.69 Å². The topological polar surface area (TPSA) is 115 Å². The van der Waals surface area contributed by atoms with Crippen LogP contribution in [0.15, 0.2) is 61.2 Å². The summed E-state index contributed by atoms with van der Waals surface area (Å²) in [7, 11) is 1.62. The van der Waals surface area contributed by atoms with Crippen LogP contribution in [0.1, 0.15) is 28.6 Å². The van der Waals surface area contributed by atoms with Gasteiger partial charge in [-0.1, -0.05) is 6.58 Å². The van der Waals surface area contributed by atoms with Crippen molar-refractivity contribution in [1.29, 1.82) is 0 Å². The molecule has 10 nitrogen and oxygen atoms in total. The summed E-state index contributed by atoms with van der Waals surface area (Å²) in [4.78, 5) is 28.6. The molecule has 0 spiro atoms. The quantitative estimate of drug-likeness (QED) is 0.478. The maximum Gasteiger partial charge on any atom is 0.269 e. The molecular formula is C27H30N6O4. The number of primary amides is 1. The largest absolute Gasteiger partial charge is 0.497 e. The zero-order valence-electron chi connectivity index (χ0n) is 20.7. The number of anilines is 1. The van der Waals surface area contributed by atoms with Crippen molar-refractivity contribution in [2.24, 2.45) is 5.73 Å². The van der Waals surface area contributed by atoms with Crippen molar-refractivity contribution in [3.8, 4) is 22.9 Å². The molecule has 1 fully saturated rings. The Labute approximate surface area is 215 Å². The molecule has 3 heterocycles. The van der Waals surface area contributed by atoms with Crippen molar-refractivity contribution in [3.05, 3.63) is 72.6 Å². The number of hydrogen-bond acceptors (Lipinski definition) is 7. The van der Waals surface area contributed by atoms with Crippen LogP contribution in [0, 0.1) is 0 Å². The van der Waals surface area contributed by atoms with Crippen LogP contribution in [0.5, 0.6) is 17.2 Å². The Morgan fingerprint density at radius 2 is 1.65 bits per heavy atom. The number of nitrogens with one attached hydrogen (secondary N) is 1. The van der Waals surface area contributed by atoms with Crippen LogP contribution in [-0.4, -0.2) is 71.2 Å². The Morgan fingerprint density at radius 1 is 1.03 bits per heavy atom. The zero-order valence-corrected chi connectivity index (χ0v) is 20.7. The molecule has 1 aromatic heterocycles. The van der Waals surface area contributed by atoms with E-state index >= 15 is 0 Å². The van der Waals surface area contributed by atoms with E-state index in [-0.39, 0.29) is 11.9 Å². The second kappa shape index (κ2) is 10.4. The number of hydrogen-bond donors (Lipinski definition) is 2. The van der Waals surface area contributed by atoms with Crippen molar-refractivity contribution in [1.82, 2.24) is 19.6 Å². The maximum absolute atomic E-state index is 12.5. The predicted octanol–water partition coefficient (Wildman–Crippen LogP) is 2.96. The Morgan fingerprint density at radius 3 is 2.24 bits per heavy atom. The fourth-order valence-corrected chi connectivity index (χ4v) is 4.90. The van der Waals surface area contributed by atoms with E-state index < -0.39 is 5.91 Å². The first kappa shape index (κ1) is 24.4. The summed E-state index contributed by atoms with van der Waals surface area (Å²) in [6, 6.07) is 14.7. The molecule has 0 saturated carbocycles. The molecule has 192 valence electrons. The lowest BCUT2D eigenvalue weighted by Crippen LogP contribution is -2.50. The lowest BCUT2D eigenvalue weighted by atomic mass is 10.0. The van der Waals surface area contributed by atoms with Gasteiger partial charge in [0, 0.05) is 32.7 Å². The molecule has 3 N–H and O–H groups in total. The smallest absolute Gasteiger partial charge is 0.269 e. The molecule has 2 amide bonds. The molecular weight excluding hydrogens is 472 g/mol. The Hall–Kier alpha value is -4.31. The first-order valence-corrected chi connectivity index (χ1v) is 12.2. The van der Waals surface area contributed by atoms with Gasteiger partial charge in [0.05, 0.1) is 24.5 Å². The lowest BCUT2D eigenvalue weighted by molar-refractivity contribution is -0.128. The van der Waals surface area contributed by atoms with E-state index in [0.717, 1.165) is 31.0 Å². The average molecular weight is 503 g/mol. The molecule has 3 aromatic rings. The van der Waals surface area contributed by atoms with Gasteiger partial charge in [-0.05, 0) is 61.0 Å². The standard InChI is InChI=1S/C27H30N6O4/c1-3-23(34)32-16-14-31(15-17-32)22-12-13-29-25-24(22)30-33(26(25)27(28)35)18-4-6-20(7-5-18)37-21-10-8-19(36-2)9-11-21/h3-11,22,29H,1,12-17H2,2H3,(H2,28,35)/t22-/m1/s1. The van der Waals surface area contributed by atoms with Crippen LogP contribution < -0.4 is 20.5 Å².